The summed E-state index contributed by atoms with van der Waals surface area (Å²) in [5.41, 5.74) is 0.939. The van der Waals surface area contributed by atoms with Gasteiger partial charge in [0.1, 0.15) is 12.4 Å². The number of thioether (sulfide) groups is 1. The van der Waals surface area contributed by atoms with Gasteiger partial charge in [0.25, 0.3) is 5.24 Å². The zero-order valence-corrected chi connectivity index (χ0v) is 15.9. The van der Waals surface area contributed by atoms with Crippen molar-refractivity contribution in [2.24, 2.45) is 0 Å². The maximum Gasteiger partial charge on any atom is 0.324 e. The van der Waals surface area contributed by atoms with E-state index in [0.717, 1.165) is 17.3 Å². The van der Waals surface area contributed by atoms with Crippen LogP contribution in [-0.2, 0) is 11.2 Å². The number of hydrogen-bond donors (Lipinski definition) is 2. The van der Waals surface area contributed by atoms with E-state index in [1.54, 1.807) is 37.6 Å². The third kappa shape index (κ3) is 5.43. The number of hydrogen-bond acceptors (Lipinski definition) is 7. The summed E-state index contributed by atoms with van der Waals surface area (Å²) in [7, 11) is 1.65. The van der Waals surface area contributed by atoms with Gasteiger partial charge < -0.3 is 9.64 Å². The highest BCUT2D eigenvalue weighted by molar-refractivity contribution is 8.15. The predicted octanol–water partition coefficient (Wildman–Crippen LogP) is 1.91. The Bertz CT molecular complexity index is 847. The number of rotatable bonds is 7. The van der Waals surface area contributed by atoms with Crippen molar-refractivity contribution in [3.8, 4) is 5.75 Å². The molecule has 1 aromatic heterocycles. The molecule has 2 aromatic rings. The van der Waals surface area contributed by atoms with Crippen LogP contribution < -0.4 is 15.4 Å². The van der Waals surface area contributed by atoms with Crippen LogP contribution in [0.25, 0.3) is 0 Å². The molecular weight excluding hydrogens is 382 g/mol. The SMILES string of the molecule is CN(CCOc1ccc(CC2SC(=O)NC2=O)cc1)C(=O)Nc1ncccn1. The molecule has 0 radical (unpaired) electrons. The first kappa shape index (κ1) is 19.6. The summed E-state index contributed by atoms with van der Waals surface area (Å²) in [5.74, 6) is 0.646. The first-order valence-corrected chi connectivity index (χ1v) is 9.41. The van der Waals surface area contributed by atoms with Crippen molar-refractivity contribution in [1.29, 1.82) is 0 Å². The van der Waals surface area contributed by atoms with Gasteiger partial charge in [0.2, 0.25) is 11.9 Å². The molecule has 3 rings (SSSR count). The molecule has 0 spiro atoms. The number of likely N-dealkylation sites (N-methyl/N-ethyl adjacent to an activating group) is 1. The van der Waals surface area contributed by atoms with E-state index >= 15 is 0 Å². The van der Waals surface area contributed by atoms with Crippen LogP contribution in [-0.4, -0.2) is 57.5 Å². The molecule has 28 heavy (non-hydrogen) atoms. The Morgan fingerprint density at radius 2 is 1.96 bits per heavy atom. The van der Waals surface area contributed by atoms with E-state index in [1.165, 1.54) is 4.90 Å². The van der Waals surface area contributed by atoms with Crippen LogP contribution in [0.3, 0.4) is 0 Å². The highest BCUT2D eigenvalue weighted by Crippen LogP contribution is 2.23. The lowest BCUT2D eigenvalue weighted by atomic mass is 10.1. The molecule has 0 bridgehead atoms. The molecule has 1 fully saturated rings. The van der Waals surface area contributed by atoms with Crippen molar-refractivity contribution in [3.05, 3.63) is 48.3 Å². The van der Waals surface area contributed by atoms with Gasteiger partial charge in [0, 0.05) is 19.4 Å². The Morgan fingerprint density at radius 3 is 2.61 bits per heavy atom. The van der Waals surface area contributed by atoms with Crippen LogP contribution in [0.2, 0.25) is 0 Å². The minimum Gasteiger partial charge on any atom is -0.492 e. The van der Waals surface area contributed by atoms with Crippen molar-refractivity contribution in [1.82, 2.24) is 20.2 Å². The number of imide groups is 1. The highest BCUT2D eigenvalue weighted by Gasteiger charge is 2.31. The zero-order valence-electron chi connectivity index (χ0n) is 15.1. The van der Waals surface area contributed by atoms with E-state index in [2.05, 4.69) is 20.6 Å². The van der Waals surface area contributed by atoms with E-state index in [9.17, 15) is 14.4 Å². The number of carbonyl (C=O) groups is 3. The van der Waals surface area contributed by atoms with E-state index < -0.39 is 0 Å². The lowest BCUT2D eigenvalue weighted by Gasteiger charge is -2.17. The quantitative estimate of drug-likeness (QED) is 0.728. The molecular formula is C18H19N5O4S. The summed E-state index contributed by atoms with van der Waals surface area (Å²) in [6, 6.07) is 8.65. The van der Waals surface area contributed by atoms with Gasteiger partial charge in [-0.2, -0.15) is 0 Å². The van der Waals surface area contributed by atoms with Crippen molar-refractivity contribution < 1.29 is 19.1 Å². The number of urea groups is 1. The number of aromatic nitrogens is 2. The maximum absolute atomic E-state index is 12.0. The molecule has 146 valence electrons. The minimum atomic E-state index is -0.389. The van der Waals surface area contributed by atoms with Crippen LogP contribution in [0.4, 0.5) is 15.5 Å². The average Bonchev–Trinajstić information content (AvgIpc) is 3.00. The lowest BCUT2D eigenvalue weighted by molar-refractivity contribution is -0.118. The molecule has 1 aliphatic rings. The van der Waals surface area contributed by atoms with Crippen molar-refractivity contribution >= 4 is 34.9 Å². The van der Waals surface area contributed by atoms with Gasteiger partial charge in [-0.1, -0.05) is 23.9 Å². The van der Waals surface area contributed by atoms with Crippen LogP contribution in [0.15, 0.2) is 42.7 Å². The van der Waals surface area contributed by atoms with Gasteiger partial charge in [-0.05, 0) is 30.2 Å². The summed E-state index contributed by atoms with van der Waals surface area (Å²) in [5, 5.41) is 4.17. The van der Waals surface area contributed by atoms with Crippen molar-refractivity contribution in [3.63, 3.8) is 0 Å². The zero-order chi connectivity index (χ0) is 19.9. The summed E-state index contributed by atoms with van der Waals surface area (Å²) >= 11 is 1.01. The molecule has 2 heterocycles. The van der Waals surface area contributed by atoms with Gasteiger partial charge in [0.05, 0.1) is 11.8 Å². The van der Waals surface area contributed by atoms with Crippen LogP contribution in [0.5, 0.6) is 5.75 Å². The molecule has 0 saturated carbocycles. The molecule has 0 aliphatic carbocycles. The Labute approximate surface area is 165 Å². The van der Waals surface area contributed by atoms with E-state index in [-0.39, 0.29) is 28.4 Å². The van der Waals surface area contributed by atoms with Gasteiger partial charge >= 0.3 is 6.03 Å². The predicted molar refractivity (Wildman–Crippen MR) is 104 cm³/mol. The second-order valence-electron chi connectivity index (χ2n) is 6.00. The first-order chi connectivity index (χ1) is 13.5. The van der Waals surface area contributed by atoms with Crippen molar-refractivity contribution in [2.45, 2.75) is 11.7 Å². The van der Waals surface area contributed by atoms with E-state index in [0.29, 0.717) is 25.3 Å². The number of amides is 4. The Kier molecular flexibility index (Phi) is 6.43. The Hall–Kier alpha value is -3.14. The van der Waals surface area contributed by atoms with E-state index in [4.69, 9.17) is 4.74 Å². The monoisotopic (exact) mass is 401 g/mol. The number of nitrogens with zero attached hydrogens (tertiary/aromatic N) is 3. The fraction of sp³-hybridized carbons (Fsp3) is 0.278. The van der Waals surface area contributed by atoms with Crippen molar-refractivity contribution in [2.75, 3.05) is 25.5 Å². The third-order valence-electron chi connectivity index (χ3n) is 3.94. The fourth-order valence-electron chi connectivity index (χ4n) is 2.42. The van der Waals surface area contributed by atoms with Crippen LogP contribution in [0.1, 0.15) is 5.56 Å². The van der Waals surface area contributed by atoms with Gasteiger partial charge in [-0.25, -0.2) is 14.8 Å². The van der Waals surface area contributed by atoms with E-state index in [1.807, 2.05) is 12.1 Å². The minimum absolute atomic E-state index is 0.242. The molecule has 1 saturated heterocycles. The van der Waals surface area contributed by atoms with Crippen LogP contribution >= 0.6 is 11.8 Å². The number of anilines is 1. The first-order valence-electron chi connectivity index (χ1n) is 8.53. The summed E-state index contributed by atoms with van der Waals surface area (Å²) in [6.07, 6.45) is 3.57. The number of nitrogens with one attached hydrogen (secondary N) is 2. The molecule has 1 atom stereocenters. The topological polar surface area (TPSA) is 114 Å². The average molecular weight is 401 g/mol. The maximum atomic E-state index is 12.0. The molecule has 2 N–H and O–H groups in total. The highest BCUT2D eigenvalue weighted by atomic mass is 32.2. The lowest BCUT2D eigenvalue weighted by Crippen LogP contribution is -2.35. The van der Waals surface area contributed by atoms with Gasteiger partial charge in [0.15, 0.2) is 0 Å². The van der Waals surface area contributed by atoms with Gasteiger partial charge in [-0.3, -0.25) is 20.2 Å². The molecule has 1 aliphatic heterocycles. The second-order valence-corrected chi connectivity index (χ2v) is 7.18. The molecule has 9 nitrogen and oxygen atoms in total. The molecule has 4 amide bonds. The summed E-state index contributed by atoms with van der Waals surface area (Å²) in [6.45, 7) is 0.690. The molecule has 1 aromatic carbocycles. The normalized spacial score (nSPS) is 15.8. The van der Waals surface area contributed by atoms with Crippen LogP contribution in [0, 0.1) is 0 Å². The van der Waals surface area contributed by atoms with Gasteiger partial charge in [-0.15, -0.1) is 0 Å². The number of carbonyl (C=O) groups excluding carboxylic acids is 3. The fourth-order valence-corrected chi connectivity index (χ4v) is 3.28. The second kappa shape index (κ2) is 9.18. The Balaban J connectivity index is 1.41. The molecule has 10 heteroatoms. The summed E-state index contributed by atoms with van der Waals surface area (Å²) in [4.78, 5) is 44.2. The summed E-state index contributed by atoms with van der Waals surface area (Å²) < 4.78 is 5.65. The smallest absolute Gasteiger partial charge is 0.324 e. The molecule has 1 unspecified atom stereocenters. The Morgan fingerprint density at radius 1 is 1.25 bits per heavy atom. The third-order valence-corrected chi connectivity index (χ3v) is 4.92. The number of benzene rings is 1. The standard InChI is InChI=1S/C18H19N5O4S/c1-23(17(25)22-16-19-7-2-8-20-16)9-10-27-13-5-3-12(4-6-13)11-14-15(24)21-18(26)28-14/h2-8,14H,9-11H2,1H3,(H,21,24,26)(H,19,20,22,25). The largest absolute Gasteiger partial charge is 0.492 e. The number of ether oxygens (including phenoxy) is 1.